The number of fused-ring (bicyclic) bond motifs is 1. The van der Waals surface area contributed by atoms with Gasteiger partial charge in [-0.1, -0.05) is 18.5 Å². The fourth-order valence-corrected chi connectivity index (χ4v) is 5.29. The highest BCUT2D eigenvalue weighted by Gasteiger charge is 2.21. The van der Waals surface area contributed by atoms with Crippen LogP contribution in [-0.2, 0) is 0 Å². The first kappa shape index (κ1) is 26.5. The lowest BCUT2D eigenvalue weighted by Gasteiger charge is -2.36. The van der Waals surface area contributed by atoms with Crippen LogP contribution in [-0.4, -0.2) is 64.6 Å². The van der Waals surface area contributed by atoms with Crippen LogP contribution in [0.3, 0.4) is 0 Å². The highest BCUT2D eigenvalue weighted by molar-refractivity contribution is 6.36. The fraction of sp³-hybridized carbons (Fsp3) is 0.310. The summed E-state index contributed by atoms with van der Waals surface area (Å²) in [6, 6.07) is 14.4. The molecule has 0 amide bonds. The molecule has 2 aromatic heterocycles. The molecule has 0 spiro atoms. The summed E-state index contributed by atoms with van der Waals surface area (Å²) in [6.07, 6.45) is 4.67. The highest BCUT2D eigenvalue weighted by Crippen LogP contribution is 2.39. The summed E-state index contributed by atoms with van der Waals surface area (Å²) >= 11 is 6.55. The normalized spacial score (nSPS) is 13.9. The van der Waals surface area contributed by atoms with Crippen molar-refractivity contribution in [3.05, 3.63) is 65.6 Å². The second kappa shape index (κ2) is 11.3. The summed E-state index contributed by atoms with van der Waals surface area (Å²) in [5.41, 5.74) is 5.07. The van der Waals surface area contributed by atoms with Crippen molar-refractivity contribution in [1.82, 2.24) is 19.4 Å². The molecule has 1 aliphatic rings. The second-order valence-corrected chi connectivity index (χ2v) is 9.87. The maximum Gasteiger partial charge on any atom is 0.227 e. The van der Waals surface area contributed by atoms with Crippen molar-refractivity contribution in [3.8, 4) is 6.07 Å². The molecule has 1 fully saturated rings. The third-order valence-corrected chi connectivity index (χ3v) is 7.49. The molecule has 0 bridgehead atoms. The Hall–Kier alpha value is -4.13. The zero-order valence-corrected chi connectivity index (χ0v) is 23.1. The number of nitrogens with zero attached hydrogens (tertiary/aromatic N) is 7. The van der Waals surface area contributed by atoms with Crippen molar-refractivity contribution >= 4 is 57.1 Å². The predicted octanol–water partition coefficient (Wildman–Crippen LogP) is 5.66. The summed E-state index contributed by atoms with van der Waals surface area (Å²) in [5, 5.41) is 13.8. The summed E-state index contributed by atoms with van der Waals surface area (Å²) < 4.78 is 1.57. The first-order valence-corrected chi connectivity index (χ1v) is 13.5. The van der Waals surface area contributed by atoms with Gasteiger partial charge in [0.05, 0.1) is 39.9 Å². The van der Waals surface area contributed by atoms with Crippen LogP contribution in [0.5, 0.6) is 0 Å². The summed E-state index contributed by atoms with van der Waals surface area (Å²) in [7, 11) is 0. The van der Waals surface area contributed by atoms with Gasteiger partial charge in [-0.25, -0.2) is 9.97 Å². The van der Waals surface area contributed by atoms with E-state index in [4.69, 9.17) is 16.9 Å². The van der Waals surface area contributed by atoms with Crippen LogP contribution in [0.2, 0.25) is 5.02 Å². The molecule has 39 heavy (non-hydrogen) atoms. The van der Waals surface area contributed by atoms with Gasteiger partial charge in [-0.15, -0.1) is 0 Å². The number of piperazine rings is 1. The smallest absolute Gasteiger partial charge is 0.227 e. The second-order valence-electron chi connectivity index (χ2n) is 9.47. The zero-order chi connectivity index (χ0) is 27.5. The number of hydrogen-bond donors (Lipinski definition) is 1. The zero-order valence-electron chi connectivity index (χ0n) is 22.4. The minimum Gasteiger partial charge on any atom is -0.369 e. The topological polar surface area (TPSA) is 93.3 Å². The predicted molar refractivity (Wildman–Crippen MR) is 157 cm³/mol. The number of rotatable bonds is 7. The van der Waals surface area contributed by atoms with Crippen molar-refractivity contribution in [1.29, 1.82) is 5.26 Å². The van der Waals surface area contributed by atoms with Gasteiger partial charge in [0, 0.05) is 62.6 Å². The summed E-state index contributed by atoms with van der Waals surface area (Å²) in [5.74, 6) is 0.324. The molecule has 0 atom stereocenters. The van der Waals surface area contributed by atoms with Gasteiger partial charge in [-0.2, -0.15) is 5.26 Å². The van der Waals surface area contributed by atoms with E-state index in [1.165, 1.54) is 19.3 Å². The van der Waals surface area contributed by atoms with Gasteiger partial charge >= 0.3 is 0 Å². The third-order valence-electron chi connectivity index (χ3n) is 7.19. The molecule has 4 aromatic rings. The van der Waals surface area contributed by atoms with Gasteiger partial charge in [-0.3, -0.25) is 9.36 Å². The molecule has 1 aliphatic heterocycles. The molecule has 9 nitrogen and oxygen atoms in total. The lowest BCUT2D eigenvalue weighted by molar-refractivity contribution is 0.0941. The third kappa shape index (κ3) is 5.39. The first-order valence-electron chi connectivity index (χ1n) is 13.1. The van der Waals surface area contributed by atoms with Crippen LogP contribution in [0, 0.1) is 11.3 Å². The van der Waals surface area contributed by atoms with Crippen LogP contribution >= 0.6 is 11.6 Å². The Bertz CT molecular complexity index is 1530. The van der Waals surface area contributed by atoms with E-state index < -0.39 is 0 Å². The molecule has 2 aromatic carbocycles. The average Bonchev–Trinajstić information content (AvgIpc) is 3.31. The molecule has 0 saturated carbocycles. The van der Waals surface area contributed by atoms with E-state index in [-0.39, 0.29) is 5.91 Å². The molecule has 1 saturated heterocycles. The van der Waals surface area contributed by atoms with Gasteiger partial charge in [0.1, 0.15) is 6.07 Å². The lowest BCUT2D eigenvalue weighted by Crippen LogP contribution is -2.46. The number of halogens is 1. The standard InChI is InChI=1S/C29H31ClN8O/c1-4-35-10-12-36(13-11-35)22-6-8-26(34-29-32-17-21(16-31)18-33-29)28(15-22)37(5-2)23-7-9-27-24(14-23)25(30)19-38(27)20(3)39/h6-9,14-15,17-19H,4-5,10-13H2,1-3H3,(H,32,33,34). The van der Waals surface area contributed by atoms with Gasteiger partial charge in [0.15, 0.2) is 0 Å². The molecule has 0 aliphatic carbocycles. The van der Waals surface area contributed by atoms with E-state index in [2.05, 4.69) is 68.1 Å². The molecule has 1 N–H and O–H groups in total. The van der Waals surface area contributed by atoms with Crippen molar-refractivity contribution in [2.24, 2.45) is 0 Å². The molecule has 200 valence electrons. The Morgan fingerprint density at radius 2 is 1.85 bits per heavy atom. The van der Waals surface area contributed by atoms with E-state index >= 15 is 0 Å². The van der Waals surface area contributed by atoms with Crippen LogP contribution in [0.15, 0.2) is 55.0 Å². The Morgan fingerprint density at radius 3 is 2.49 bits per heavy atom. The van der Waals surface area contributed by atoms with Crippen molar-refractivity contribution in [2.45, 2.75) is 20.8 Å². The van der Waals surface area contributed by atoms with E-state index in [9.17, 15) is 4.79 Å². The van der Waals surface area contributed by atoms with Gasteiger partial charge in [-0.05, 0) is 49.9 Å². The van der Waals surface area contributed by atoms with E-state index in [1.54, 1.807) is 10.8 Å². The number of nitriles is 1. The molecule has 10 heteroatoms. The number of aromatic nitrogens is 3. The van der Waals surface area contributed by atoms with Crippen molar-refractivity contribution < 1.29 is 4.79 Å². The number of likely N-dealkylation sites (N-methyl/N-ethyl adjacent to an activating group) is 1. The number of nitrogens with one attached hydrogen (secondary N) is 1. The van der Waals surface area contributed by atoms with Gasteiger partial charge in [0.25, 0.3) is 0 Å². The van der Waals surface area contributed by atoms with Crippen molar-refractivity contribution in [2.75, 3.05) is 54.4 Å². The molecule has 0 unspecified atom stereocenters. The number of carbonyl (C=O) groups is 1. The first-order chi connectivity index (χ1) is 18.9. The maximum atomic E-state index is 12.1. The molecular formula is C29H31ClN8O. The Balaban J connectivity index is 1.56. The van der Waals surface area contributed by atoms with Gasteiger partial charge < -0.3 is 20.0 Å². The molecular weight excluding hydrogens is 512 g/mol. The van der Waals surface area contributed by atoms with E-state index in [0.717, 1.165) is 66.4 Å². The van der Waals surface area contributed by atoms with Crippen molar-refractivity contribution in [3.63, 3.8) is 0 Å². The van der Waals surface area contributed by atoms with Crippen LogP contribution in [0.25, 0.3) is 10.9 Å². The highest BCUT2D eigenvalue weighted by atomic mass is 35.5. The van der Waals surface area contributed by atoms with Crippen LogP contribution < -0.4 is 15.1 Å². The largest absolute Gasteiger partial charge is 0.369 e. The maximum absolute atomic E-state index is 12.1. The Kier molecular flexibility index (Phi) is 7.68. The van der Waals surface area contributed by atoms with E-state index in [1.807, 2.05) is 18.2 Å². The minimum absolute atomic E-state index is 0.0863. The quantitative estimate of drug-likeness (QED) is 0.320. The SMILES string of the molecule is CCN1CCN(c2ccc(Nc3ncc(C#N)cn3)c(N(CC)c3ccc4c(c3)c(Cl)cn4C(C)=O)c2)CC1. The number of anilines is 5. The Labute approximate surface area is 233 Å². The molecule has 3 heterocycles. The number of carbonyl (C=O) groups excluding carboxylic acids is 1. The van der Waals surface area contributed by atoms with Gasteiger partial charge in [0.2, 0.25) is 11.9 Å². The summed E-state index contributed by atoms with van der Waals surface area (Å²) in [4.78, 5) is 27.8. The Morgan fingerprint density at radius 1 is 1.10 bits per heavy atom. The van der Waals surface area contributed by atoms with E-state index in [0.29, 0.717) is 23.1 Å². The van der Waals surface area contributed by atoms with Crippen LogP contribution in [0.1, 0.15) is 31.1 Å². The van der Waals surface area contributed by atoms with Crippen LogP contribution in [0.4, 0.5) is 28.7 Å². The minimum atomic E-state index is -0.0863. The monoisotopic (exact) mass is 542 g/mol. The number of hydrogen-bond acceptors (Lipinski definition) is 8. The summed E-state index contributed by atoms with van der Waals surface area (Å²) in [6.45, 7) is 11.6. The number of benzene rings is 2. The lowest BCUT2D eigenvalue weighted by atomic mass is 10.1. The fourth-order valence-electron chi connectivity index (χ4n) is 5.04. The molecule has 5 rings (SSSR count). The average molecular weight is 543 g/mol. The molecule has 0 radical (unpaired) electrons.